The lowest BCUT2D eigenvalue weighted by molar-refractivity contribution is 0.262. The SMILES string of the molecule is CC(C)Nc1cc(Oc2ccc(NC(=O)Nc3cn(C(C)(C)C)nc3-c3ccc4oncc4c3)cc2)ccn1. The molecule has 0 bridgehead atoms. The predicted molar refractivity (Wildman–Crippen MR) is 152 cm³/mol. The van der Waals surface area contributed by atoms with Gasteiger partial charge in [-0.1, -0.05) is 5.16 Å². The van der Waals surface area contributed by atoms with Crippen LogP contribution in [0.5, 0.6) is 11.5 Å². The van der Waals surface area contributed by atoms with Crippen molar-refractivity contribution >= 4 is 34.2 Å². The Morgan fingerprint density at radius 2 is 1.79 bits per heavy atom. The van der Waals surface area contributed by atoms with Gasteiger partial charge in [-0.15, -0.1) is 0 Å². The van der Waals surface area contributed by atoms with Crippen LogP contribution in [0.3, 0.4) is 0 Å². The van der Waals surface area contributed by atoms with Crippen LogP contribution in [0.15, 0.2) is 77.7 Å². The Morgan fingerprint density at radius 1 is 1.00 bits per heavy atom. The van der Waals surface area contributed by atoms with Crippen LogP contribution in [0.25, 0.3) is 22.2 Å². The second kappa shape index (κ2) is 10.5. The van der Waals surface area contributed by atoms with E-state index in [0.29, 0.717) is 34.2 Å². The van der Waals surface area contributed by atoms with E-state index in [-0.39, 0.29) is 17.6 Å². The van der Waals surface area contributed by atoms with Gasteiger partial charge in [0.1, 0.15) is 23.0 Å². The van der Waals surface area contributed by atoms with Gasteiger partial charge in [-0.2, -0.15) is 5.10 Å². The largest absolute Gasteiger partial charge is 0.457 e. The van der Waals surface area contributed by atoms with Crippen LogP contribution in [-0.2, 0) is 5.54 Å². The Labute approximate surface area is 226 Å². The lowest BCUT2D eigenvalue weighted by Gasteiger charge is -2.18. The molecule has 10 heteroatoms. The number of nitrogens with one attached hydrogen (secondary N) is 3. The van der Waals surface area contributed by atoms with Crippen molar-refractivity contribution in [3.05, 3.63) is 73.2 Å². The summed E-state index contributed by atoms with van der Waals surface area (Å²) in [5.41, 5.74) is 3.10. The van der Waals surface area contributed by atoms with Gasteiger partial charge in [-0.05, 0) is 83.1 Å². The van der Waals surface area contributed by atoms with Crippen LogP contribution in [-0.4, -0.2) is 32.0 Å². The number of nitrogens with zero attached hydrogens (tertiary/aromatic N) is 4. The summed E-state index contributed by atoms with van der Waals surface area (Å²) in [6.07, 6.45) is 5.18. The van der Waals surface area contributed by atoms with Gasteiger partial charge in [-0.3, -0.25) is 4.68 Å². The third-order valence-electron chi connectivity index (χ3n) is 5.79. The highest BCUT2D eigenvalue weighted by Crippen LogP contribution is 2.32. The Kier molecular flexibility index (Phi) is 6.93. The molecule has 0 saturated heterocycles. The van der Waals surface area contributed by atoms with Crippen molar-refractivity contribution in [2.45, 2.75) is 46.2 Å². The molecular weight excluding hydrogens is 494 g/mol. The highest BCUT2D eigenvalue weighted by atomic mass is 16.5. The van der Waals surface area contributed by atoms with Crippen molar-refractivity contribution in [2.24, 2.45) is 0 Å². The quantitative estimate of drug-likeness (QED) is 0.207. The maximum Gasteiger partial charge on any atom is 0.323 e. The number of rotatable bonds is 7. The van der Waals surface area contributed by atoms with Crippen molar-refractivity contribution in [1.29, 1.82) is 0 Å². The zero-order valence-corrected chi connectivity index (χ0v) is 22.5. The molecule has 0 saturated carbocycles. The van der Waals surface area contributed by atoms with E-state index in [1.807, 2.05) is 69.8 Å². The molecule has 2 amide bonds. The summed E-state index contributed by atoms with van der Waals surface area (Å²) in [6.45, 7) is 10.2. The molecule has 39 heavy (non-hydrogen) atoms. The summed E-state index contributed by atoms with van der Waals surface area (Å²) in [5.74, 6) is 2.05. The monoisotopic (exact) mass is 525 g/mol. The van der Waals surface area contributed by atoms with Gasteiger partial charge in [0.25, 0.3) is 0 Å². The first-order chi connectivity index (χ1) is 18.6. The standard InChI is InChI=1S/C29H31N7O3/c1-18(2)32-26-15-23(12-13-30-26)38-22-9-7-21(8-10-22)33-28(37)34-24-17-36(29(3,4)5)35-27(24)19-6-11-25-20(14-19)16-31-39-25/h6-18H,1-5H3,(H,30,32)(H2,33,34,37). The zero-order valence-electron chi connectivity index (χ0n) is 22.5. The summed E-state index contributed by atoms with van der Waals surface area (Å²) in [6, 6.07) is 16.3. The molecule has 5 rings (SSSR count). The van der Waals surface area contributed by atoms with E-state index in [2.05, 4.69) is 26.1 Å². The van der Waals surface area contributed by atoms with Crippen LogP contribution in [0.2, 0.25) is 0 Å². The summed E-state index contributed by atoms with van der Waals surface area (Å²) in [5, 5.41) is 18.6. The molecule has 0 atom stereocenters. The Hall–Kier alpha value is -4.86. The van der Waals surface area contributed by atoms with E-state index in [1.54, 1.807) is 42.7 Å². The van der Waals surface area contributed by atoms with E-state index in [0.717, 1.165) is 16.8 Å². The number of carbonyl (C=O) groups excluding carboxylic acids is 1. The molecule has 0 spiro atoms. The normalized spacial score (nSPS) is 11.5. The van der Waals surface area contributed by atoms with Crippen LogP contribution in [0.4, 0.5) is 22.0 Å². The maximum atomic E-state index is 13.0. The lowest BCUT2D eigenvalue weighted by Crippen LogP contribution is -2.22. The molecule has 5 aromatic rings. The van der Waals surface area contributed by atoms with E-state index < -0.39 is 0 Å². The number of hydrogen-bond acceptors (Lipinski definition) is 7. The minimum Gasteiger partial charge on any atom is -0.457 e. The second-order valence-corrected chi connectivity index (χ2v) is 10.5. The van der Waals surface area contributed by atoms with Crippen LogP contribution in [0, 0.1) is 0 Å². The predicted octanol–water partition coefficient (Wildman–Crippen LogP) is 7.10. The number of fused-ring (bicyclic) bond motifs is 1. The van der Waals surface area contributed by atoms with Gasteiger partial charge in [-0.25, -0.2) is 9.78 Å². The summed E-state index contributed by atoms with van der Waals surface area (Å²) in [4.78, 5) is 17.3. The van der Waals surface area contributed by atoms with Crippen molar-refractivity contribution in [2.75, 3.05) is 16.0 Å². The smallest absolute Gasteiger partial charge is 0.323 e. The first kappa shape index (κ1) is 25.8. The van der Waals surface area contributed by atoms with Crippen LogP contribution < -0.4 is 20.7 Å². The molecule has 0 radical (unpaired) electrons. The third-order valence-corrected chi connectivity index (χ3v) is 5.79. The van der Waals surface area contributed by atoms with Gasteiger partial charge in [0.15, 0.2) is 5.58 Å². The van der Waals surface area contributed by atoms with Gasteiger partial charge in [0, 0.05) is 41.1 Å². The zero-order chi connectivity index (χ0) is 27.6. The fraction of sp³-hybridized carbons (Fsp3) is 0.241. The number of ether oxygens (including phenoxy) is 1. The minimum atomic E-state index is -0.386. The van der Waals surface area contributed by atoms with Crippen LogP contribution >= 0.6 is 0 Å². The van der Waals surface area contributed by atoms with Crippen molar-refractivity contribution < 1.29 is 14.1 Å². The molecule has 3 aromatic heterocycles. The fourth-order valence-corrected chi connectivity index (χ4v) is 3.92. The number of benzene rings is 2. The Morgan fingerprint density at radius 3 is 2.54 bits per heavy atom. The average molecular weight is 526 g/mol. The molecule has 0 aliphatic rings. The number of amides is 2. The highest BCUT2D eigenvalue weighted by Gasteiger charge is 2.21. The van der Waals surface area contributed by atoms with E-state index in [9.17, 15) is 4.79 Å². The molecule has 200 valence electrons. The molecule has 2 aromatic carbocycles. The van der Waals surface area contributed by atoms with Gasteiger partial charge >= 0.3 is 6.03 Å². The first-order valence-electron chi connectivity index (χ1n) is 12.7. The molecule has 3 N–H and O–H groups in total. The summed E-state index contributed by atoms with van der Waals surface area (Å²) < 4.78 is 13.0. The highest BCUT2D eigenvalue weighted by molar-refractivity contribution is 6.02. The van der Waals surface area contributed by atoms with Gasteiger partial charge in [0.05, 0.1) is 17.4 Å². The molecule has 0 unspecified atom stereocenters. The van der Waals surface area contributed by atoms with E-state index in [1.165, 1.54) is 0 Å². The summed E-state index contributed by atoms with van der Waals surface area (Å²) in [7, 11) is 0. The van der Waals surface area contributed by atoms with E-state index >= 15 is 0 Å². The Balaban J connectivity index is 1.29. The van der Waals surface area contributed by atoms with Crippen molar-refractivity contribution in [1.82, 2.24) is 19.9 Å². The van der Waals surface area contributed by atoms with Crippen molar-refractivity contribution in [3.8, 4) is 22.8 Å². The molecule has 3 heterocycles. The topological polar surface area (TPSA) is 119 Å². The van der Waals surface area contributed by atoms with Crippen LogP contribution in [0.1, 0.15) is 34.6 Å². The van der Waals surface area contributed by atoms with E-state index in [4.69, 9.17) is 14.4 Å². The van der Waals surface area contributed by atoms with Gasteiger partial charge in [0.2, 0.25) is 0 Å². The maximum absolute atomic E-state index is 13.0. The number of pyridine rings is 1. The molecule has 0 aliphatic heterocycles. The average Bonchev–Trinajstić information content (AvgIpc) is 3.51. The first-order valence-corrected chi connectivity index (χ1v) is 12.7. The lowest BCUT2D eigenvalue weighted by atomic mass is 10.1. The molecule has 0 aliphatic carbocycles. The minimum absolute atomic E-state index is 0.264. The number of aromatic nitrogens is 4. The number of hydrogen-bond donors (Lipinski definition) is 3. The molecule has 0 fully saturated rings. The Bertz CT molecular complexity index is 1600. The number of carbonyl (C=O) groups is 1. The molecule has 10 nitrogen and oxygen atoms in total. The number of anilines is 3. The van der Waals surface area contributed by atoms with Crippen molar-refractivity contribution in [3.63, 3.8) is 0 Å². The van der Waals surface area contributed by atoms with Gasteiger partial charge < -0.3 is 25.2 Å². The molecular formula is C29H31N7O3. The fourth-order valence-electron chi connectivity index (χ4n) is 3.92. The second-order valence-electron chi connectivity index (χ2n) is 10.5. The summed E-state index contributed by atoms with van der Waals surface area (Å²) >= 11 is 0. The number of urea groups is 1. The third kappa shape index (κ3) is 6.18.